The third-order valence-corrected chi connectivity index (χ3v) is 5.07. The molecule has 0 bridgehead atoms. The number of amides is 1. The molecule has 1 aromatic carbocycles. The van der Waals surface area contributed by atoms with Crippen LogP contribution < -0.4 is 0 Å². The number of benzene rings is 1. The lowest BCUT2D eigenvalue weighted by atomic mass is 9.96. The van der Waals surface area contributed by atoms with Crippen LogP contribution in [0.4, 0.5) is 4.79 Å². The molecule has 0 aliphatic carbocycles. The van der Waals surface area contributed by atoms with Crippen LogP contribution >= 0.6 is 0 Å². The number of likely N-dealkylation sites (tertiary alicyclic amines) is 1. The maximum atomic E-state index is 11.6. The molecule has 2 aromatic heterocycles. The Balaban J connectivity index is 1.54. The van der Waals surface area contributed by atoms with Gasteiger partial charge in [0.15, 0.2) is 5.82 Å². The van der Waals surface area contributed by atoms with Gasteiger partial charge < -0.3 is 14.2 Å². The summed E-state index contributed by atoms with van der Waals surface area (Å²) < 4.78 is 12.3. The molecule has 3 heterocycles. The fourth-order valence-electron chi connectivity index (χ4n) is 3.55. The largest absolute Gasteiger partial charge is 0.453 e. The van der Waals surface area contributed by atoms with Crippen molar-refractivity contribution in [1.29, 1.82) is 0 Å². The number of carbonyl (C=O) groups excluding carboxylic acids is 1. The monoisotopic (exact) mass is 369 g/mol. The van der Waals surface area contributed by atoms with Gasteiger partial charge in [0.1, 0.15) is 0 Å². The number of methoxy groups -OCH3 is 1. The van der Waals surface area contributed by atoms with Crippen molar-refractivity contribution in [3.63, 3.8) is 0 Å². The lowest BCUT2D eigenvalue weighted by Gasteiger charge is -2.29. The van der Waals surface area contributed by atoms with E-state index in [2.05, 4.69) is 29.1 Å². The van der Waals surface area contributed by atoms with Crippen molar-refractivity contribution in [2.45, 2.75) is 38.6 Å². The van der Waals surface area contributed by atoms with Crippen LogP contribution in [0.3, 0.4) is 0 Å². The van der Waals surface area contributed by atoms with E-state index < -0.39 is 0 Å². The average molecular weight is 369 g/mol. The van der Waals surface area contributed by atoms with Gasteiger partial charge in [0.2, 0.25) is 0 Å². The van der Waals surface area contributed by atoms with Crippen LogP contribution in [0.5, 0.6) is 0 Å². The molecule has 0 saturated carbocycles. The molecule has 1 amide bonds. The van der Waals surface area contributed by atoms with E-state index in [1.54, 1.807) is 4.90 Å². The summed E-state index contributed by atoms with van der Waals surface area (Å²) in [7, 11) is 1.40. The molecule has 0 unspecified atom stereocenters. The number of hydrogen-bond donors (Lipinski definition) is 0. The molecular formula is C19H23N5O3. The second kappa shape index (κ2) is 7.02. The molecule has 27 heavy (non-hydrogen) atoms. The van der Waals surface area contributed by atoms with Gasteiger partial charge in [0.25, 0.3) is 5.89 Å². The quantitative estimate of drug-likeness (QED) is 0.701. The van der Waals surface area contributed by atoms with Crippen molar-refractivity contribution in [3.05, 3.63) is 30.2 Å². The van der Waals surface area contributed by atoms with Crippen LogP contribution in [0.2, 0.25) is 0 Å². The number of fused-ring (bicyclic) bond motifs is 1. The van der Waals surface area contributed by atoms with Crippen molar-refractivity contribution < 1.29 is 14.1 Å². The second-order valence-corrected chi connectivity index (χ2v) is 7.15. The molecule has 0 N–H and O–H groups in total. The van der Waals surface area contributed by atoms with Crippen molar-refractivity contribution in [2.24, 2.45) is 0 Å². The van der Waals surface area contributed by atoms with Crippen molar-refractivity contribution in [2.75, 3.05) is 20.2 Å². The Labute approximate surface area is 157 Å². The van der Waals surface area contributed by atoms with E-state index >= 15 is 0 Å². The first-order valence-corrected chi connectivity index (χ1v) is 9.21. The van der Waals surface area contributed by atoms with Gasteiger partial charge in [-0.15, -0.1) is 0 Å². The Bertz CT molecular complexity index is 953. The molecule has 1 fully saturated rings. The minimum atomic E-state index is -0.280. The van der Waals surface area contributed by atoms with Gasteiger partial charge in [-0.05, 0) is 38.8 Å². The lowest BCUT2D eigenvalue weighted by molar-refractivity contribution is 0.111. The average Bonchev–Trinajstić information content (AvgIpc) is 3.34. The first-order valence-electron chi connectivity index (χ1n) is 9.21. The fraction of sp³-hybridized carbons (Fsp3) is 0.474. The van der Waals surface area contributed by atoms with Crippen molar-refractivity contribution in [1.82, 2.24) is 24.8 Å². The normalized spacial score (nSPS) is 15.6. The maximum absolute atomic E-state index is 11.6. The third kappa shape index (κ3) is 3.27. The molecule has 0 atom stereocenters. The highest BCUT2D eigenvalue weighted by molar-refractivity contribution is 5.83. The van der Waals surface area contributed by atoms with Gasteiger partial charge in [0, 0.05) is 36.0 Å². The van der Waals surface area contributed by atoms with E-state index in [1.165, 1.54) is 7.11 Å². The molecule has 0 spiro atoms. The van der Waals surface area contributed by atoms with E-state index in [0.29, 0.717) is 24.8 Å². The Morgan fingerprint density at radius 1 is 1.30 bits per heavy atom. The van der Waals surface area contributed by atoms with Gasteiger partial charge in [-0.2, -0.15) is 10.1 Å². The van der Waals surface area contributed by atoms with Crippen LogP contribution in [0, 0.1) is 0 Å². The zero-order chi connectivity index (χ0) is 19.0. The summed E-state index contributed by atoms with van der Waals surface area (Å²) in [4.78, 5) is 17.9. The zero-order valence-electron chi connectivity index (χ0n) is 15.8. The van der Waals surface area contributed by atoms with Gasteiger partial charge in [-0.3, -0.25) is 4.68 Å². The predicted molar refractivity (Wildman–Crippen MR) is 99.4 cm³/mol. The highest BCUT2D eigenvalue weighted by atomic mass is 16.5. The maximum Gasteiger partial charge on any atom is 0.409 e. The number of rotatable bonds is 3. The summed E-state index contributed by atoms with van der Waals surface area (Å²) in [5.41, 5.74) is 1.93. The highest BCUT2D eigenvalue weighted by Crippen LogP contribution is 2.29. The van der Waals surface area contributed by atoms with E-state index in [4.69, 9.17) is 9.26 Å². The summed E-state index contributed by atoms with van der Waals surface area (Å²) >= 11 is 0. The van der Waals surface area contributed by atoms with E-state index in [1.807, 2.05) is 29.1 Å². The Morgan fingerprint density at radius 3 is 2.78 bits per heavy atom. The lowest BCUT2D eigenvalue weighted by Crippen LogP contribution is -2.37. The minimum Gasteiger partial charge on any atom is -0.453 e. The summed E-state index contributed by atoms with van der Waals surface area (Å²) in [6.45, 7) is 5.48. The molecule has 142 valence electrons. The van der Waals surface area contributed by atoms with Gasteiger partial charge in [-0.25, -0.2) is 4.79 Å². The topological polar surface area (TPSA) is 86.3 Å². The van der Waals surface area contributed by atoms with Crippen LogP contribution in [-0.2, 0) is 4.74 Å². The molecule has 4 rings (SSSR count). The second-order valence-electron chi connectivity index (χ2n) is 7.15. The smallest absolute Gasteiger partial charge is 0.409 e. The molecular weight excluding hydrogens is 346 g/mol. The van der Waals surface area contributed by atoms with Crippen molar-refractivity contribution >= 4 is 17.0 Å². The van der Waals surface area contributed by atoms with Crippen LogP contribution in [0.15, 0.2) is 28.9 Å². The highest BCUT2D eigenvalue weighted by Gasteiger charge is 2.27. The van der Waals surface area contributed by atoms with E-state index in [9.17, 15) is 4.79 Å². The summed E-state index contributed by atoms with van der Waals surface area (Å²) in [6.07, 6.45) is 3.19. The van der Waals surface area contributed by atoms with Crippen molar-refractivity contribution in [3.8, 4) is 11.5 Å². The summed E-state index contributed by atoms with van der Waals surface area (Å²) in [5, 5.41) is 9.72. The Kier molecular flexibility index (Phi) is 4.55. The number of carbonyl (C=O) groups is 1. The van der Waals surface area contributed by atoms with Gasteiger partial charge >= 0.3 is 6.09 Å². The van der Waals surface area contributed by atoms with Crippen LogP contribution in [0.1, 0.15) is 44.5 Å². The number of hydrogen-bond acceptors (Lipinski definition) is 6. The molecule has 1 saturated heterocycles. The molecule has 3 aromatic rings. The number of ether oxygens (including phenoxy) is 1. The molecule has 0 radical (unpaired) electrons. The minimum absolute atomic E-state index is 0.188. The third-order valence-electron chi connectivity index (χ3n) is 5.07. The van der Waals surface area contributed by atoms with E-state index in [-0.39, 0.29) is 18.1 Å². The number of nitrogens with zero attached hydrogens (tertiary/aromatic N) is 5. The Morgan fingerprint density at radius 2 is 2.07 bits per heavy atom. The standard InChI is InChI=1S/C19H23N5O3/c1-12(2)24-16-10-14(4-5-15(16)11-20-24)18-21-17(22-27-18)13-6-8-23(9-7-13)19(25)26-3/h4-5,10-13H,6-9H2,1-3H3. The zero-order valence-corrected chi connectivity index (χ0v) is 15.8. The SMILES string of the molecule is COC(=O)N1CCC(c2noc(-c3ccc4cnn(C(C)C)c4c3)n2)CC1. The van der Waals surface area contributed by atoms with E-state index in [0.717, 1.165) is 29.3 Å². The number of aromatic nitrogens is 4. The first-order chi connectivity index (χ1) is 13.1. The number of piperidine rings is 1. The summed E-state index contributed by atoms with van der Waals surface area (Å²) in [6, 6.07) is 6.32. The van der Waals surface area contributed by atoms with Gasteiger partial charge in [0.05, 0.1) is 18.8 Å². The van der Waals surface area contributed by atoms with Crippen LogP contribution in [0.25, 0.3) is 22.4 Å². The first kappa shape index (κ1) is 17.5. The fourth-order valence-corrected chi connectivity index (χ4v) is 3.55. The van der Waals surface area contributed by atoms with Crippen LogP contribution in [-0.4, -0.2) is 51.1 Å². The molecule has 8 heteroatoms. The molecule has 8 nitrogen and oxygen atoms in total. The molecule has 1 aliphatic heterocycles. The summed E-state index contributed by atoms with van der Waals surface area (Å²) in [5.74, 6) is 1.40. The molecule has 1 aliphatic rings. The predicted octanol–water partition coefficient (Wildman–Crippen LogP) is 3.61. The van der Waals surface area contributed by atoms with Gasteiger partial charge in [-0.1, -0.05) is 11.2 Å². The Hall–Kier alpha value is -2.90.